The number of methoxy groups -OCH3 is 1. The lowest BCUT2D eigenvalue weighted by molar-refractivity contribution is 0.321. The molecule has 0 amide bonds. The van der Waals surface area contributed by atoms with Crippen LogP contribution in [0.4, 0.5) is 0 Å². The molecule has 0 aliphatic heterocycles. The van der Waals surface area contributed by atoms with Gasteiger partial charge < -0.3 is 9.94 Å². The minimum absolute atomic E-state index is 0.345. The maximum atomic E-state index is 8.62. The SMILES string of the molecule is COc1cc(/C=N/O)ncc1C#N. The van der Waals surface area contributed by atoms with Crippen LogP contribution < -0.4 is 4.74 Å². The van der Waals surface area contributed by atoms with E-state index < -0.39 is 0 Å². The first-order chi connectivity index (χ1) is 6.31. The topological polar surface area (TPSA) is 78.5 Å². The second kappa shape index (κ2) is 4.07. The highest BCUT2D eigenvalue weighted by atomic mass is 16.5. The van der Waals surface area contributed by atoms with Gasteiger partial charge in [0.05, 0.1) is 19.0 Å². The normalized spacial score (nSPS) is 9.85. The molecular weight excluding hydrogens is 170 g/mol. The van der Waals surface area contributed by atoms with Gasteiger partial charge in [-0.2, -0.15) is 5.26 Å². The van der Waals surface area contributed by atoms with Crippen LogP contribution >= 0.6 is 0 Å². The molecule has 5 nitrogen and oxygen atoms in total. The number of rotatable bonds is 2. The lowest BCUT2D eigenvalue weighted by Gasteiger charge is -2.01. The summed E-state index contributed by atoms with van der Waals surface area (Å²) in [7, 11) is 1.45. The van der Waals surface area contributed by atoms with E-state index in [2.05, 4.69) is 10.1 Å². The Balaban J connectivity index is 3.14. The Morgan fingerprint density at radius 2 is 2.54 bits per heavy atom. The Kier molecular flexibility index (Phi) is 2.82. The van der Waals surface area contributed by atoms with Gasteiger partial charge in [0, 0.05) is 12.3 Å². The standard InChI is InChI=1S/C8H7N3O2/c1-13-8-2-7(5-11-12)10-4-6(8)3-9/h2,4-5,12H,1H3/b11-5+. The number of hydrogen-bond donors (Lipinski definition) is 1. The molecule has 0 bridgehead atoms. The number of aromatic nitrogens is 1. The fraction of sp³-hybridized carbons (Fsp3) is 0.125. The predicted molar refractivity (Wildman–Crippen MR) is 44.9 cm³/mol. The Hall–Kier alpha value is -2.09. The first-order valence-corrected chi connectivity index (χ1v) is 3.43. The third-order valence-corrected chi connectivity index (χ3v) is 1.42. The summed E-state index contributed by atoms with van der Waals surface area (Å²) in [4.78, 5) is 3.84. The van der Waals surface area contributed by atoms with E-state index in [-0.39, 0.29) is 0 Å². The van der Waals surface area contributed by atoms with Gasteiger partial charge in [0.1, 0.15) is 17.4 Å². The lowest BCUT2D eigenvalue weighted by Crippen LogP contribution is -1.93. The molecule has 0 aliphatic carbocycles. The molecule has 0 unspecified atom stereocenters. The van der Waals surface area contributed by atoms with Crippen molar-refractivity contribution < 1.29 is 9.94 Å². The highest BCUT2D eigenvalue weighted by molar-refractivity contribution is 5.77. The van der Waals surface area contributed by atoms with Crippen molar-refractivity contribution >= 4 is 6.21 Å². The maximum Gasteiger partial charge on any atom is 0.140 e. The van der Waals surface area contributed by atoms with E-state index in [9.17, 15) is 0 Å². The molecular formula is C8H7N3O2. The maximum absolute atomic E-state index is 8.62. The Bertz CT molecular complexity index is 368. The minimum Gasteiger partial charge on any atom is -0.495 e. The van der Waals surface area contributed by atoms with Crippen LogP contribution in [0.25, 0.3) is 0 Å². The number of ether oxygens (including phenoxy) is 1. The summed E-state index contributed by atoms with van der Waals surface area (Å²) in [5.41, 5.74) is 0.774. The smallest absolute Gasteiger partial charge is 0.140 e. The highest BCUT2D eigenvalue weighted by Crippen LogP contribution is 2.15. The van der Waals surface area contributed by atoms with E-state index in [1.807, 2.05) is 6.07 Å². The molecule has 0 aromatic carbocycles. The zero-order valence-electron chi connectivity index (χ0n) is 6.93. The summed E-state index contributed by atoms with van der Waals surface area (Å²) in [6, 6.07) is 3.43. The summed E-state index contributed by atoms with van der Waals surface area (Å²) in [6.45, 7) is 0. The molecule has 0 aliphatic rings. The number of nitriles is 1. The Morgan fingerprint density at radius 1 is 1.77 bits per heavy atom. The lowest BCUT2D eigenvalue weighted by atomic mass is 10.2. The molecule has 0 atom stereocenters. The van der Waals surface area contributed by atoms with Crippen molar-refractivity contribution in [1.29, 1.82) is 5.26 Å². The fourth-order valence-corrected chi connectivity index (χ4v) is 0.835. The summed E-state index contributed by atoms with van der Waals surface area (Å²) in [5.74, 6) is 0.410. The molecule has 1 aromatic rings. The van der Waals surface area contributed by atoms with Gasteiger partial charge in [0.15, 0.2) is 0 Å². The molecule has 1 aromatic heterocycles. The van der Waals surface area contributed by atoms with Crippen molar-refractivity contribution in [3.05, 3.63) is 23.5 Å². The highest BCUT2D eigenvalue weighted by Gasteiger charge is 2.02. The Morgan fingerprint density at radius 3 is 3.08 bits per heavy atom. The first kappa shape index (κ1) is 9.00. The van der Waals surface area contributed by atoms with Gasteiger partial charge in [-0.25, -0.2) is 0 Å². The average Bonchev–Trinajstić information content (AvgIpc) is 2.18. The molecule has 66 valence electrons. The number of nitrogens with zero attached hydrogens (tertiary/aromatic N) is 3. The Labute approximate surface area is 74.9 Å². The van der Waals surface area contributed by atoms with Gasteiger partial charge in [-0.15, -0.1) is 0 Å². The molecule has 1 heterocycles. The van der Waals surface area contributed by atoms with Crippen LogP contribution in [-0.2, 0) is 0 Å². The zero-order valence-corrected chi connectivity index (χ0v) is 6.93. The third kappa shape index (κ3) is 1.93. The van der Waals surface area contributed by atoms with Crippen molar-refractivity contribution in [2.24, 2.45) is 5.16 Å². The van der Waals surface area contributed by atoms with Gasteiger partial charge in [0.2, 0.25) is 0 Å². The molecule has 1 rings (SSSR count). The fourth-order valence-electron chi connectivity index (χ4n) is 0.835. The van der Waals surface area contributed by atoms with Gasteiger partial charge in [0.25, 0.3) is 0 Å². The van der Waals surface area contributed by atoms with E-state index in [0.717, 1.165) is 6.21 Å². The van der Waals surface area contributed by atoms with Crippen LogP contribution in [0.15, 0.2) is 17.4 Å². The van der Waals surface area contributed by atoms with Gasteiger partial charge in [-0.3, -0.25) is 4.98 Å². The van der Waals surface area contributed by atoms with Gasteiger partial charge >= 0.3 is 0 Å². The van der Waals surface area contributed by atoms with Crippen LogP contribution in [0.2, 0.25) is 0 Å². The summed E-state index contributed by atoms with van der Waals surface area (Å²) in [5, 5.41) is 19.7. The van der Waals surface area contributed by atoms with Crippen molar-refractivity contribution in [2.45, 2.75) is 0 Å². The molecule has 0 spiro atoms. The van der Waals surface area contributed by atoms with Crippen molar-refractivity contribution in [3.63, 3.8) is 0 Å². The van der Waals surface area contributed by atoms with Gasteiger partial charge in [-0.1, -0.05) is 5.16 Å². The predicted octanol–water partition coefficient (Wildman–Crippen LogP) is 0.770. The molecule has 0 fully saturated rings. The molecule has 5 heteroatoms. The van der Waals surface area contributed by atoms with E-state index in [1.165, 1.54) is 19.4 Å². The molecule has 0 radical (unpaired) electrons. The van der Waals surface area contributed by atoms with E-state index in [0.29, 0.717) is 17.0 Å². The summed E-state index contributed by atoms with van der Waals surface area (Å²) in [6.07, 6.45) is 2.51. The van der Waals surface area contributed by atoms with Crippen molar-refractivity contribution in [3.8, 4) is 11.8 Å². The zero-order chi connectivity index (χ0) is 9.68. The average molecular weight is 177 g/mol. The van der Waals surface area contributed by atoms with Crippen molar-refractivity contribution in [2.75, 3.05) is 7.11 Å². The van der Waals surface area contributed by atoms with Crippen LogP contribution in [-0.4, -0.2) is 23.5 Å². The van der Waals surface area contributed by atoms with Gasteiger partial charge in [-0.05, 0) is 0 Å². The quantitative estimate of drug-likeness (QED) is 0.411. The van der Waals surface area contributed by atoms with Crippen LogP contribution in [0.5, 0.6) is 5.75 Å². The van der Waals surface area contributed by atoms with Crippen LogP contribution in [0, 0.1) is 11.3 Å². The molecule has 0 saturated heterocycles. The molecule has 13 heavy (non-hydrogen) atoms. The monoisotopic (exact) mass is 177 g/mol. The van der Waals surface area contributed by atoms with E-state index in [4.69, 9.17) is 15.2 Å². The van der Waals surface area contributed by atoms with Crippen LogP contribution in [0.1, 0.15) is 11.3 Å². The van der Waals surface area contributed by atoms with Crippen LogP contribution in [0.3, 0.4) is 0 Å². The van der Waals surface area contributed by atoms with Crippen molar-refractivity contribution in [1.82, 2.24) is 4.98 Å². The number of hydrogen-bond acceptors (Lipinski definition) is 5. The first-order valence-electron chi connectivity index (χ1n) is 3.43. The van der Waals surface area contributed by atoms with E-state index >= 15 is 0 Å². The molecule has 1 N–H and O–H groups in total. The number of oxime groups is 1. The molecule has 0 saturated carbocycles. The van der Waals surface area contributed by atoms with E-state index in [1.54, 1.807) is 0 Å². The number of pyridine rings is 1. The third-order valence-electron chi connectivity index (χ3n) is 1.42. The second-order valence-electron chi connectivity index (χ2n) is 2.17. The summed E-state index contributed by atoms with van der Waals surface area (Å²) >= 11 is 0. The summed E-state index contributed by atoms with van der Waals surface area (Å²) < 4.78 is 4.92. The second-order valence-corrected chi connectivity index (χ2v) is 2.17. The minimum atomic E-state index is 0.345. The largest absolute Gasteiger partial charge is 0.495 e.